The van der Waals surface area contributed by atoms with Gasteiger partial charge in [-0.1, -0.05) is 12.1 Å². The largest absolute Gasteiger partial charge is 0.481 e. The lowest BCUT2D eigenvalue weighted by Crippen LogP contribution is -2.11. The normalized spacial score (nSPS) is 10.5. The number of hydrogen-bond acceptors (Lipinski definition) is 5. The van der Waals surface area contributed by atoms with Crippen LogP contribution in [0.15, 0.2) is 36.4 Å². The summed E-state index contributed by atoms with van der Waals surface area (Å²) in [6, 6.07) is 10.2. The predicted octanol–water partition coefficient (Wildman–Crippen LogP) is 2.57. The zero-order valence-electron chi connectivity index (χ0n) is 11.1. The Morgan fingerprint density at radius 2 is 2.00 bits per heavy atom. The molecule has 0 unspecified atom stereocenters. The number of nitro benzene ring substituents is 1. The van der Waals surface area contributed by atoms with Gasteiger partial charge in [-0.15, -0.1) is 11.3 Å². The van der Waals surface area contributed by atoms with Gasteiger partial charge >= 0.3 is 5.97 Å². The second-order valence-corrected chi connectivity index (χ2v) is 5.72. The molecule has 0 saturated carbocycles. The summed E-state index contributed by atoms with van der Waals surface area (Å²) in [5.41, 5.74) is 0.917. The lowest BCUT2D eigenvalue weighted by atomic mass is 10.2. The minimum atomic E-state index is -0.840. The van der Waals surface area contributed by atoms with Crippen LogP contribution in [0.5, 0.6) is 0 Å². The van der Waals surface area contributed by atoms with E-state index in [1.165, 1.54) is 23.5 Å². The molecule has 0 fully saturated rings. The molecule has 0 bridgehead atoms. The first-order valence-corrected chi connectivity index (χ1v) is 7.09. The fourth-order valence-electron chi connectivity index (χ4n) is 1.87. The van der Waals surface area contributed by atoms with Gasteiger partial charge in [0.1, 0.15) is 0 Å². The van der Waals surface area contributed by atoms with Crippen molar-refractivity contribution in [2.75, 3.05) is 0 Å². The zero-order valence-corrected chi connectivity index (χ0v) is 11.9. The van der Waals surface area contributed by atoms with Crippen LogP contribution in [0.4, 0.5) is 5.69 Å². The van der Waals surface area contributed by atoms with Gasteiger partial charge in [0.05, 0.1) is 11.3 Å². The lowest BCUT2D eigenvalue weighted by Gasteiger charge is -2.03. The van der Waals surface area contributed by atoms with E-state index in [4.69, 9.17) is 5.11 Å². The van der Waals surface area contributed by atoms with Crippen LogP contribution < -0.4 is 5.32 Å². The van der Waals surface area contributed by atoms with E-state index in [0.717, 1.165) is 15.3 Å². The number of nitrogens with one attached hydrogen (secondary N) is 1. The molecule has 0 spiro atoms. The first-order valence-electron chi connectivity index (χ1n) is 6.28. The summed E-state index contributed by atoms with van der Waals surface area (Å²) in [5, 5.41) is 22.6. The molecule has 110 valence electrons. The fraction of sp³-hybridized carbons (Fsp3) is 0.214. The van der Waals surface area contributed by atoms with E-state index in [0.29, 0.717) is 13.1 Å². The number of carbonyl (C=O) groups is 1. The van der Waals surface area contributed by atoms with E-state index in [1.807, 2.05) is 18.2 Å². The molecule has 0 atom stereocenters. The highest BCUT2D eigenvalue weighted by molar-refractivity contribution is 7.12. The minimum Gasteiger partial charge on any atom is -0.481 e. The number of carboxylic acids is 1. The molecule has 2 N–H and O–H groups in total. The minimum absolute atomic E-state index is 0.0372. The molecule has 2 aromatic rings. The number of benzene rings is 1. The Morgan fingerprint density at radius 1 is 1.24 bits per heavy atom. The SMILES string of the molecule is O=C(O)Cc1ccc(CNCc2cccc([N+](=O)[O-])c2)s1. The number of aliphatic carboxylic acids is 1. The zero-order chi connectivity index (χ0) is 15.2. The number of thiophene rings is 1. The second kappa shape index (κ2) is 6.96. The lowest BCUT2D eigenvalue weighted by molar-refractivity contribution is -0.384. The van der Waals surface area contributed by atoms with Crippen molar-refractivity contribution in [2.45, 2.75) is 19.5 Å². The molecule has 0 saturated heterocycles. The maximum Gasteiger partial charge on any atom is 0.308 e. The Labute approximate surface area is 125 Å². The van der Waals surface area contributed by atoms with Gasteiger partial charge in [0.2, 0.25) is 0 Å². The van der Waals surface area contributed by atoms with Gasteiger partial charge in [0, 0.05) is 35.0 Å². The number of carboxylic acid groups (broad SMARTS) is 1. The molecule has 0 radical (unpaired) electrons. The molecular formula is C14H14N2O4S. The molecule has 0 aliphatic carbocycles. The molecular weight excluding hydrogens is 292 g/mol. The van der Waals surface area contributed by atoms with Crippen molar-refractivity contribution in [3.8, 4) is 0 Å². The number of rotatable bonds is 7. The van der Waals surface area contributed by atoms with Crippen molar-refractivity contribution < 1.29 is 14.8 Å². The Kier molecular flexibility index (Phi) is 5.02. The van der Waals surface area contributed by atoms with Gasteiger partial charge in [-0.05, 0) is 17.7 Å². The smallest absolute Gasteiger partial charge is 0.308 e. The average molecular weight is 306 g/mol. The number of hydrogen-bond donors (Lipinski definition) is 2. The van der Waals surface area contributed by atoms with Crippen molar-refractivity contribution in [3.63, 3.8) is 0 Å². The molecule has 0 aliphatic heterocycles. The van der Waals surface area contributed by atoms with Crippen LogP contribution >= 0.6 is 11.3 Å². The van der Waals surface area contributed by atoms with Crippen molar-refractivity contribution in [3.05, 3.63) is 61.8 Å². The van der Waals surface area contributed by atoms with Crippen molar-refractivity contribution >= 4 is 23.0 Å². The molecule has 1 aromatic carbocycles. The number of nitro groups is 1. The summed E-state index contributed by atoms with van der Waals surface area (Å²) < 4.78 is 0. The van der Waals surface area contributed by atoms with Gasteiger partial charge in [-0.3, -0.25) is 14.9 Å². The van der Waals surface area contributed by atoms with Crippen LogP contribution in [-0.4, -0.2) is 16.0 Å². The fourth-order valence-corrected chi connectivity index (χ4v) is 2.85. The third kappa shape index (κ3) is 4.66. The standard InChI is InChI=1S/C14H14N2O4S/c17-14(18)7-12-4-5-13(21-12)9-15-8-10-2-1-3-11(6-10)16(19)20/h1-6,15H,7-9H2,(H,17,18). The van der Waals surface area contributed by atoms with Crippen LogP contribution in [0.25, 0.3) is 0 Å². The van der Waals surface area contributed by atoms with Crippen LogP contribution in [0.2, 0.25) is 0 Å². The summed E-state index contributed by atoms with van der Waals surface area (Å²) in [4.78, 5) is 22.7. The predicted molar refractivity (Wildman–Crippen MR) is 79.3 cm³/mol. The maximum absolute atomic E-state index is 10.7. The van der Waals surface area contributed by atoms with E-state index in [9.17, 15) is 14.9 Å². The van der Waals surface area contributed by atoms with E-state index >= 15 is 0 Å². The second-order valence-electron chi connectivity index (χ2n) is 4.47. The Bertz CT molecular complexity index is 654. The third-order valence-electron chi connectivity index (χ3n) is 2.79. The Morgan fingerprint density at radius 3 is 2.71 bits per heavy atom. The van der Waals surface area contributed by atoms with Crippen LogP contribution in [0.1, 0.15) is 15.3 Å². The first kappa shape index (κ1) is 15.1. The van der Waals surface area contributed by atoms with Crippen LogP contribution in [0.3, 0.4) is 0 Å². The van der Waals surface area contributed by atoms with E-state index in [1.54, 1.807) is 6.07 Å². The van der Waals surface area contributed by atoms with E-state index in [2.05, 4.69) is 5.32 Å². The van der Waals surface area contributed by atoms with Crippen molar-refractivity contribution in [1.29, 1.82) is 0 Å². The maximum atomic E-state index is 10.7. The topological polar surface area (TPSA) is 92.5 Å². The molecule has 1 heterocycles. The van der Waals surface area contributed by atoms with Crippen LogP contribution in [-0.2, 0) is 24.3 Å². The van der Waals surface area contributed by atoms with E-state index < -0.39 is 10.9 Å². The molecule has 21 heavy (non-hydrogen) atoms. The summed E-state index contributed by atoms with van der Waals surface area (Å²) in [6.45, 7) is 1.13. The summed E-state index contributed by atoms with van der Waals surface area (Å²) >= 11 is 1.45. The Hall–Kier alpha value is -2.25. The highest BCUT2D eigenvalue weighted by atomic mass is 32.1. The average Bonchev–Trinajstić information content (AvgIpc) is 2.86. The highest BCUT2D eigenvalue weighted by Gasteiger charge is 2.06. The number of non-ortho nitro benzene ring substituents is 1. The van der Waals surface area contributed by atoms with E-state index in [-0.39, 0.29) is 12.1 Å². The quantitative estimate of drug-likeness (QED) is 0.606. The molecule has 6 nitrogen and oxygen atoms in total. The van der Waals surface area contributed by atoms with Gasteiger partial charge in [0.25, 0.3) is 5.69 Å². The van der Waals surface area contributed by atoms with Gasteiger partial charge in [0.15, 0.2) is 0 Å². The highest BCUT2D eigenvalue weighted by Crippen LogP contribution is 2.17. The van der Waals surface area contributed by atoms with Crippen molar-refractivity contribution in [1.82, 2.24) is 5.32 Å². The molecule has 2 rings (SSSR count). The van der Waals surface area contributed by atoms with Gasteiger partial charge in [-0.25, -0.2) is 0 Å². The number of nitrogens with zero attached hydrogens (tertiary/aromatic N) is 1. The monoisotopic (exact) mass is 306 g/mol. The molecule has 1 aromatic heterocycles. The molecule has 7 heteroatoms. The van der Waals surface area contributed by atoms with Gasteiger partial charge in [-0.2, -0.15) is 0 Å². The Balaban J connectivity index is 1.86. The molecule has 0 aliphatic rings. The summed E-state index contributed by atoms with van der Waals surface area (Å²) in [7, 11) is 0. The van der Waals surface area contributed by atoms with Crippen LogP contribution in [0, 0.1) is 10.1 Å². The first-order chi connectivity index (χ1) is 10.0. The summed E-state index contributed by atoms with van der Waals surface area (Å²) in [6.07, 6.45) is 0.0372. The summed E-state index contributed by atoms with van der Waals surface area (Å²) in [5.74, 6) is -0.840. The van der Waals surface area contributed by atoms with Gasteiger partial charge < -0.3 is 10.4 Å². The molecule has 0 amide bonds. The van der Waals surface area contributed by atoms with Crippen molar-refractivity contribution in [2.24, 2.45) is 0 Å². The third-order valence-corrected chi connectivity index (χ3v) is 3.88.